The molecule has 8 nitrogen and oxygen atoms in total. The quantitative estimate of drug-likeness (QED) is 0.688. The maximum atomic E-state index is 12.8. The molecule has 2 aliphatic rings. The lowest BCUT2D eigenvalue weighted by Crippen LogP contribution is -2.51. The average molecular weight is 430 g/mol. The van der Waals surface area contributed by atoms with Gasteiger partial charge in [-0.25, -0.2) is 13.2 Å². The number of ether oxygens (including phenoxy) is 1. The third-order valence-corrected chi connectivity index (χ3v) is 8.82. The van der Waals surface area contributed by atoms with Gasteiger partial charge in [0, 0.05) is 19.1 Å². The van der Waals surface area contributed by atoms with E-state index in [-0.39, 0.29) is 23.8 Å². The van der Waals surface area contributed by atoms with E-state index in [4.69, 9.17) is 0 Å². The van der Waals surface area contributed by atoms with Crippen LogP contribution in [0.3, 0.4) is 0 Å². The summed E-state index contributed by atoms with van der Waals surface area (Å²) in [5.41, 5.74) is 0. The van der Waals surface area contributed by atoms with Gasteiger partial charge in [0.05, 0.1) is 7.11 Å². The Morgan fingerprint density at radius 1 is 1.36 bits per heavy atom. The van der Waals surface area contributed by atoms with Gasteiger partial charge in [0.15, 0.2) is 0 Å². The van der Waals surface area contributed by atoms with Gasteiger partial charge in [0.2, 0.25) is 5.91 Å². The summed E-state index contributed by atoms with van der Waals surface area (Å²) in [5.74, 6) is 0.106. The van der Waals surface area contributed by atoms with Crippen molar-refractivity contribution in [2.75, 3.05) is 20.2 Å². The summed E-state index contributed by atoms with van der Waals surface area (Å²) in [6.45, 7) is 2.85. The molecule has 156 valence electrons. The Morgan fingerprint density at radius 2 is 2.14 bits per heavy atom. The van der Waals surface area contributed by atoms with E-state index >= 15 is 0 Å². The molecular formula is C18H27N3O5S2. The number of nitrogens with zero attached hydrogens (tertiary/aromatic N) is 1. The number of hydrogen-bond acceptors (Lipinski definition) is 6. The second-order valence-electron chi connectivity index (χ2n) is 7.35. The lowest BCUT2D eigenvalue weighted by Gasteiger charge is -2.24. The van der Waals surface area contributed by atoms with Crippen molar-refractivity contribution in [3.63, 3.8) is 0 Å². The van der Waals surface area contributed by atoms with E-state index in [0.717, 1.165) is 19.3 Å². The van der Waals surface area contributed by atoms with Crippen molar-refractivity contribution < 1.29 is 22.7 Å². The van der Waals surface area contributed by atoms with E-state index in [1.165, 1.54) is 18.4 Å². The lowest BCUT2D eigenvalue weighted by molar-refractivity contribution is -0.124. The molecular weight excluding hydrogens is 402 g/mol. The first kappa shape index (κ1) is 21.1. The topological polar surface area (TPSA) is 105 Å². The van der Waals surface area contributed by atoms with Gasteiger partial charge in [-0.05, 0) is 42.5 Å². The highest BCUT2D eigenvalue weighted by atomic mass is 32.2. The van der Waals surface area contributed by atoms with Gasteiger partial charge in [-0.1, -0.05) is 19.4 Å². The van der Waals surface area contributed by atoms with E-state index < -0.39 is 22.2 Å². The van der Waals surface area contributed by atoms with Crippen LogP contribution >= 0.6 is 11.3 Å². The number of sulfonamides is 1. The summed E-state index contributed by atoms with van der Waals surface area (Å²) in [6.07, 6.45) is 2.33. The SMILES string of the molecule is CCC[C@H](NC(=O)OC)C(=O)N[C@H]1CC[C@@H]2CN(S(=O)(=O)c3cccs3)C[C@@H]21. The highest BCUT2D eigenvalue weighted by Crippen LogP contribution is 2.40. The number of carbonyl (C=O) groups is 2. The van der Waals surface area contributed by atoms with Crippen molar-refractivity contribution in [1.29, 1.82) is 0 Å². The molecule has 1 saturated carbocycles. The monoisotopic (exact) mass is 429 g/mol. The molecule has 0 bridgehead atoms. The molecule has 2 amide bonds. The molecule has 1 aliphatic carbocycles. The molecule has 3 rings (SSSR count). The molecule has 28 heavy (non-hydrogen) atoms. The smallest absolute Gasteiger partial charge is 0.407 e. The fourth-order valence-electron chi connectivity index (χ4n) is 4.18. The third-order valence-electron chi connectivity index (χ3n) is 5.61. The molecule has 0 radical (unpaired) electrons. The zero-order valence-electron chi connectivity index (χ0n) is 16.1. The number of methoxy groups -OCH3 is 1. The Hall–Kier alpha value is -1.65. The average Bonchev–Trinajstić information content (AvgIpc) is 3.39. The molecule has 0 aromatic carbocycles. The summed E-state index contributed by atoms with van der Waals surface area (Å²) < 4.78 is 32.1. The van der Waals surface area contributed by atoms with Crippen LogP contribution in [-0.4, -0.2) is 57.0 Å². The molecule has 1 aromatic heterocycles. The molecule has 1 saturated heterocycles. The van der Waals surface area contributed by atoms with Gasteiger partial charge in [-0.15, -0.1) is 11.3 Å². The molecule has 1 aromatic rings. The minimum absolute atomic E-state index is 0.0835. The summed E-state index contributed by atoms with van der Waals surface area (Å²) in [7, 11) is -2.21. The number of thiophene rings is 1. The molecule has 10 heteroatoms. The Labute approximate surface area is 169 Å². The van der Waals surface area contributed by atoms with Gasteiger partial charge >= 0.3 is 6.09 Å². The standard InChI is InChI=1S/C18H27N3O5S2/c1-3-5-15(20-18(23)26-2)17(22)19-14-8-7-12-10-21(11-13(12)14)28(24,25)16-6-4-9-27-16/h4,6,9,12-15H,3,5,7-8,10-11H2,1-2H3,(H,19,22)(H,20,23)/t12-,13+,14+,15+/m1/s1. The highest BCUT2D eigenvalue weighted by Gasteiger charge is 2.47. The van der Waals surface area contributed by atoms with Crippen molar-refractivity contribution in [1.82, 2.24) is 14.9 Å². The van der Waals surface area contributed by atoms with E-state index in [2.05, 4.69) is 15.4 Å². The van der Waals surface area contributed by atoms with Crippen LogP contribution < -0.4 is 10.6 Å². The van der Waals surface area contributed by atoms with Gasteiger partial charge in [0.1, 0.15) is 10.3 Å². The molecule has 1 aliphatic heterocycles. The number of carbonyl (C=O) groups excluding carboxylic acids is 2. The molecule has 0 unspecified atom stereocenters. The van der Waals surface area contributed by atoms with E-state index in [1.54, 1.807) is 21.8 Å². The third kappa shape index (κ3) is 4.33. The predicted octanol–water partition coefficient (Wildman–Crippen LogP) is 1.79. The van der Waals surface area contributed by atoms with Crippen LogP contribution in [-0.2, 0) is 19.6 Å². The van der Waals surface area contributed by atoms with Crippen molar-refractivity contribution in [3.8, 4) is 0 Å². The maximum Gasteiger partial charge on any atom is 0.407 e. The van der Waals surface area contributed by atoms with Gasteiger partial charge in [0.25, 0.3) is 10.0 Å². The van der Waals surface area contributed by atoms with E-state index in [9.17, 15) is 18.0 Å². The Balaban J connectivity index is 1.64. The van der Waals surface area contributed by atoms with Crippen LogP contribution in [0, 0.1) is 11.8 Å². The normalized spacial score (nSPS) is 25.9. The molecule has 2 N–H and O–H groups in total. The minimum Gasteiger partial charge on any atom is -0.453 e. The zero-order chi connectivity index (χ0) is 20.3. The Kier molecular flexibility index (Phi) is 6.61. The highest BCUT2D eigenvalue weighted by molar-refractivity contribution is 7.91. The summed E-state index contributed by atoms with van der Waals surface area (Å²) >= 11 is 1.22. The molecule has 4 atom stereocenters. The lowest BCUT2D eigenvalue weighted by atomic mass is 9.97. The molecule has 2 heterocycles. The maximum absolute atomic E-state index is 12.8. The van der Waals surface area contributed by atoms with Crippen molar-refractivity contribution in [2.45, 2.75) is 48.9 Å². The van der Waals surface area contributed by atoms with Crippen molar-refractivity contribution >= 4 is 33.4 Å². The van der Waals surface area contributed by atoms with Crippen LogP contribution in [0.15, 0.2) is 21.7 Å². The fourth-order valence-corrected chi connectivity index (χ4v) is 6.86. The number of nitrogens with one attached hydrogen (secondary N) is 2. The van der Waals surface area contributed by atoms with Gasteiger partial charge in [-0.2, -0.15) is 4.31 Å². The number of fused-ring (bicyclic) bond motifs is 1. The Bertz CT molecular complexity index is 796. The van der Waals surface area contributed by atoms with Crippen LogP contribution in [0.1, 0.15) is 32.6 Å². The van der Waals surface area contributed by atoms with Gasteiger partial charge in [-0.3, -0.25) is 4.79 Å². The largest absolute Gasteiger partial charge is 0.453 e. The van der Waals surface area contributed by atoms with Crippen LogP contribution in [0.5, 0.6) is 0 Å². The first-order valence-corrected chi connectivity index (χ1v) is 11.9. The number of alkyl carbamates (subject to hydrolysis) is 1. The second-order valence-corrected chi connectivity index (χ2v) is 10.5. The number of amides is 2. The van der Waals surface area contributed by atoms with Crippen molar-refractivity contribution in [2.24, 2.45) is 11.8 Å². The molecule has 2 fully saturated rings. The number of rotatable bonds is 7. The second kappa shape index (κ2) is 8.79. The first-order valence-electron chi connectivity index (χ1n) is 9.55. The summed E-state index contributed by atoms with van der Waals surface area (Å²) in [6, 6.07) is 2.63. The summed E-state index contributed by atoms with van der Waals surface area (Å²) in [4.78, 5) is 24.2. The van der Waals surface area contributed by atoms with Crippen LogP contribution in [0.2, 0.25) is 0 Å². The number of hydrogen-bond donors (Lipinski definition) is 2. The summed E-state index contributed by atoms with van der Waals surface area (Å²) in [5, 5.41) is 7.38. The van der Waals surface area contributed by atoms with E-state index in [1.807, 2.05) is 6.92 Å². The Morgan fingerprint density at radius 3 is 2.79 bits per heavy atom. The zero-order valence-corrected chi connectivity index (χ0v) is 17.7. The van der Waals surface area contributed by atoms with E-state index in [0.29, 0.717) is 23.7 Å². The predicted molar refractivity (Wildman–Crippen MR) is 105 cm³/mol. The minimum atomic E-state index is -3.47. The first-order chi connectivity index (χ1) is 13.4. The molecule has 0 spiro atoms. The van der Waals surface area contributed by atoms with Crippen LogP contribution in [0.25, 0.3) is 0 Å². The van der Waals surface area contributed by atoms with Crippen LogP contribution in [0.4, 0.5) is 4.79 Å². The van der Waals surface area contributed by atoms with Gasteiger partial charge < -0.3 is 15.4 Å². The fraction of sp³-hybridized carbons (Fsp3) is 0.667. The van der Waals surface area contributed by atoms with Crippen molar-refractivity contribution in [3.05, 3.63) is 17.5 Å².